The summed E-state index contributed by atoms with van der Waals surface area (Å²) in [5.41, 5.74) is -1.30. The van der Waals surface area contributed by atoms with Crippen LogP contribution in [-0.4, -0.2) is 72.8 Å². The van der Waals surface area contributed by atoms with Crippen LogP contribution in [0.1, 0.15) is 18.5 Å². The average Bonchev–Trinajstić information content (AvgIpc) is 2.78. The first kappa shape index (κ1) is 23.2. The third-order valence-corrected chi connectivity index (χ3v) is 8.21. The summed E-state index contributed by atoms with van der Waals surface area (Å²) in [4.78, 5) is 44.1. The van der Waals surface area contributed by atoms with Crippen molar-refractivity contribution in [2.75, 3.05) is 44.2 Å². The molecule has 2 aromatic rings. The number of halogens is 1. The molecule has 1 atom stereocenters. The molecule has 12 heteroatoms. The van der Waals surface area contributed by atoms with Crippen molar-refractivity contribution in [1.29, 1.82) is 0 Å². The zero-order valence-corrected chi connectivity index (χ0v) is 19.0. The van der Waals surface area contributed by atoms with Crippen LogP contribution in [0.5, 0.6) is 0 Å². The minimum absolute atomic E-state index is 0.0350. The van der Waals surface area contributed by atoms with E-state index in [4.69, 9.17) is 0 Å². The van der Waals surface area contributed by atoms with E-state index in [2.05, 4.69) is 4.98 Å². The Labute approximate surface area is 190 Å². The number of amides is 1. The molecule has 0 unspecified atom stereocenters. The first-order valence-electron chi connectivity index (χ1n) is 10.8. The second-order valence-corrected chi connectivity index (χ2v) is 10.2. The maximum atomic E-state index is 14.1. The Morgan fingerprint density at radius 3 is 2.42 bits per heavy atom. The summed E-state index contributed by atoms with van der Waals surface area (Å²) in [6, 6.07) is 6.50. The van der Waals surface area contributed by atoms with Gasteiger partial charge >= 0.3 is 5.69 Å². The van der Waals surface area contributed by atoms with Gasteiger partial charge in [0.15, 0.2) is 4.90 Å². The van der Waals surface area contributed by atoms with Gasteiger partial charge in [0.25, 0.3) is 5.56 Å². The van der Waals surface area contributed by atoms with Gasteiger partial charge < -0.3 is 14.8 Å². The van der Waals surface area contributed by atoms with Gasteiger partial charge in [0.1, 0.15) is 5.82 Å². The lowest BCUT2D eigenvalue weighted by Crippen LogP contribution is -2.53. The predicted octanol–water partition coefficient (Wildman–Crippen LogP) is 0.260. The molecule has 2 aliphatic heterocycles. The third kappa shape index (κ3) is 4.58. The number of H-pyrrole nitrogens is 2. The van der Waals surface area contributed by atoms with Crippen molar-refractivity contribution in [3.8, 4) is 0 Å². The highest BCUT2D eigenvalue weighted by Gasteiger charge is 2.37. The number of aryl methyl sites for hydroxylation is 1. The van der Waals surface area contributed by atoms with Gasteiger partial charge in [0.05, 0.1) is 11.6 Å². The number of hydrogen-bond donors (Lipinski definition) is 2. The van der Waals surface area contributed by atoms with Crippen LogP contribution in [-0.2, 0) is 14.8 Å². The largest absolute Gasteiger partial charge is 0.366 e. The molecule has 4 rings (SSSR count). The Bertz CT molecular complexity index is 1270. The van der Waals surface area contributed by atoms with Gasteiger partial charge in [-0.1, -0.05) is 12.1 Å². The number of anilines is 1. The standard InChI is InChI=1S/C21H26FN5O5S/c1-14-18(19(28)24-21(30)23-14)33(31,32)27-8-4-5-15(13-27)20(29)26-11-9-25(10-12-26)17-7-3-2-6-16(17)22/h2-3,6-7,15H,4-5,8-13H2,1H3,(H2,23,24,28,30)/t15-/m0/s1. The van der Waals surface area contributed by atoms with E-state index in [1.54, 1.807) is 23.1 Å². The summed E-state index contributed by atoms with van der Waals surface area (Å²) < 4.78 is 41.5. The molecule has 0 bridgehead atoms. The van der Waals surface area contributed by atoms with Crippen molar-refractivity contribution >= 4 is 21.6 Å². The summed E-state index contributed by atoms with van der Waals surface area (Å²) in [6.45, 7) is 3.29. The summed E-state index contributed by atoms with van der Waals surface area (Å²) >= 11 is 0. The molecule has 0 radical (unpaired) electrons. The van der Waals surface area contributed by atoms with Crippen molar-refractivity contribution in [3.63, 3.8) is 0 Å². The van der Waals surface area contributed by atoms with Gasteiger partial charge in [0, 0.05) is 45.0 Å². The summed E-state index contributed by atoms with van der Waals surface area (Å²) in [5.74, 6) is -0.983. The van der Waals surface area contributed by atoms with Gasteiger partial charge in [-0.3, -0.25) is 14.6 Å². The molecule has 1 aromatic carbocycles. The maximum absolute atomic E-state index is 14.1. The first-order valence-corrected chi connectivity index (χ1v) is 12.2. The molecule has 2 fully saturated rings. The summed E-state index contributed by atoms with van der Waals surface area (Å²) in [6.07, 6.45) is 1.02. The number of sulfonamides is 1. The van der Waals surface area contributed by atoms with Crippen molar-refractivity contribution in [2.45, 2.75) is 24.7 Å². The van der Waals surface area contributed by atoms with Gasteiger partial charge in [-0.2, -0.15) is 4.31 Å². The van der Waals surface area contributed by atoms with E-state index in [1.165, 1.54) is 13.0 Å². The molecule has 2 saturated heterocycles. The maximum Gasteiger partial charge on any atom is 0.325 e. The highest BCUT2D eigenvalue weighted by Crippen LogP contribution is 2.26. The molecule has 10 nitrogen and oxygen atoms in total. The molecule has 0 saturated carbocycles. The third-order valence-electron chi connectivity index (χ3n) is 6.19. The molecule has 0 aliphatic carbocycles. The van der Waals surface area contributed by atoms with E-state index >= 15 is 0 Å². The van der Waals surface area contributed by atoms with E-state index < -0.39 is 32.1 Å². The Morgan fingerprint density at radius 2 is 1.76 bits per heavy atom. The van der Waals surface area contributed by atoms with Gasteiger partial charge in [0.2, 0.25) is 15.9 Å². The van der Waals surface area contributed by atoms with Gasteiger partial charge in [-0.05, 0) is 31.9 Å². The molecule has 3 heterocycles. The number of benzene rings is 1. The zero-order valence-electron chi connectivity index (χ0n) is 18.2. The number of rotatable bonds is 4. The van der Waals surface area contributed by atoms with Crippen LogP contribution in [0.2, 0.25) is 0 Å². The highest BCUT2D eigenvalue weighted by molar-refractivity contribution is 7.89. The number of piperazine rings is 1. The van der Waals surface area contributed by atoms with Crippen molar-refractivity contribution < 1.29 is 17.6 Å². The molecule has 0 spiro atoms. The Balaban J connectivity index is 1.45. The first-order chi connectivity index (χ1) is 15.7. The Kier molecular flexibility index (Phi) is 6.39. The normalized spacial score (nSPS) is 20.1. The fourth-order valence-corrected chi connectivity index (χ4v) is 6.25. The Hall–Kier alpha value is -2.99. The second kappa shape index (κ2) is 9.10. The fraction of sp³-hybridized carbons (Fsp3) is 0.476. The second-order valence-electron chi connectivity index (χ2n) is 8.33. The SMILES string of the molecule is Cc1[nH]c(=O)[nH]c(=O)c1S(=O)(=O)N1CCC[C@H](C(=O)N2CCN(c3ccccc3F)CC2)C1. The number of piperidine rings is 1. The van der Waals surface area contributed by atoms with Crippen LogP contribution >= 0.6 is 0 Å². The predicted molar refractivity (Wildman–Crippen MR) is 119 cm³/mol. The van der Waals surface area contributed by atoms with E-state index in [9.17, 15) is 27.2 Å². The van der Waals surface area contributed by atoms with E-state index in [0.29, 0.717) is 44.7 Å². The molecule has 178 valence electrons. The van der Waals surface area contributed by atoms with Crippen LogP contribution < -0.4 is 16.1 Å². The lowest BCUT2D eigenvalue weighted by Gasteiger charge is -2.39. The van der Waals surface area contributed by atoms with Gasteiger partial charge in [-0.25, -0.2) is 17.6 Å². The van der Waals surface area contributed by atoms with Gasteiger partial charge in [-0.15, -0.1) is 0 Å². The molecule has 1 aromatic heterocycles. The number of aromatic nitrogens is 2. The number of nitrogens with zero attached hydrogens (tertiary/aromatic N) is 3. The summed E-state index contributed by atoms with van der Waals surface area (Å²) in [7, 11) is -4.19. The highest BCUT2D eigenvalue weighted by atomic mass is 32.2. The zero-order chi connectivity index (χ0) is 23.8. The van der Waals surface area contributed by atoms with Crippen LogP contribution in [0.4, 0.5) is 10.1 Å². The topological polar surface area (TPSA) is 127 Å². The van der Waals surface area contributed by atoms with Crippen LogP contribution in [0.3, 0.4) is 0 Å². The number of para-hydroxylation sites is 1. The molecule has 33 heavy (non-hydrogen) atoms. The van der Waals surface area contributed by atoms with Crippen LogP contribution in [0, 0.1) is 18.7 Å². The van der Waals surface area contributed by atoms with E-state index in [0.717, 1.165) is 4.31 Å². The van der Waals surface area contributed by atoms with Crippen LogP contribution in [0.25, 0.3) is 0 Å². The Morgan fingerprint density at radius 1 is 1.06 bits per heavy atom. The molecular weight excluding hydrogens is 453 g/mol. The molecule has 1 amide bonds. The van der Waals surface area contributed by atoms with Crippen molar-refractivity contribution in [3.05, 3.63) is 56.6 Å². The lowest BCUT2D eigenvalue weighted by molar-refractivity contribution is -0.137. The number of hydrogen-bond acceptors (Lipinski definition) is 6. The van der Waals surface area contributed by atoms with E-state index in [-0.39, 0.29) is 30.5 Å². The fourth-order valence-electron chi connectivity index (χ4n) is 4.52. The quantitative estimate of drug-likeness (QED) is 0.648. The van der Waals surface area contributed by atoms with Crippen LogP contribution in [0.15, 0.2) is 38.8 Å². The van der Waals surface area contributed by atoms with Crippen molar-refractivity contribution in [2.24, 2.45) is 5.92 Å². The minimum Gasteiger partial charge on any atom is -0.366 e. The average molecular weight is 480 g/mol. The lowest BCUT2D eigenvalue weighted by atomic mass is 9.97. The molecular formula is C21H26FN5O5S. The molecule has 2 N–H and O–H groups in total. The molecule has 2 aliphatic rings. The number of aromatic amines is 2. The summed E-state index contributed by atoms with van der Waals surface area (Å²) in [5, 5.41) is 0. The van der Waals surface area contributed by atoms with E-state index in [1.807, 2.05) is 9.88 Å². The number of carbonyl (C=O) groups excluding carboxylic acids is 1. The number of nitrogens with one attached hydrogen (secondary N) is 2. The van der Waals surface area contributed by atoms with Crippen molar-refractivity contribution in [1.82, 2.24) is 19.2 Å². The number of carbonyl (C=O) groups is 1. The smallest absolute Gasteiger partial charge is 0.325 e. The monoisotopic (exact) mass is 479 g/mol. The minimum atomic E-state index is -4.19.